The van der Waals surface area contributed by atoms with Crippen molar-refractivity contribution in [2.45, 2.75) is 12.5 Å². The number of carbonyl (C=O) groups is 3. The van der Waals surface area contributed by atoms with Gasteiger partial charge in [-0.15, -0.1) is 0 Å². The molecule has 14 heavy (non-hydrogen) atoms. The number of hydrogen-bond donors (Lipinski definition) is 0. The molecule has 0 aliphatic carbocycles. The van der Waals surface area contributed by atoms with Gasteiger partial charge >= 0.3 is 11.9 Å². The second-order valence-corrected chi connectivity index (χ2v) is 2.95. The lowest BCUT2D eigenvalue weighted by Gasteiger charge is -2.11. The lowest BCUT2D eigenvalue weighted by Crippen LogP contribution is -2.41. The van der Waals surface area contributed by atoms with Crippen molar-refractivity contribution < 1.29 is 23.9 Å². The average Bonchev–Trinajstić information content (AvgIpc) is 2.91. The zero-order chi connectivity index (χ0) is 10.9. The van der Waals surface area contributed by atoms with Crippen LogP contribution in [0, 0.1) is 0 Å². The predicted octanol–water partition coefficient (Wildman–Crippen LogP) is -1.07. The van der Waals surface area contributed by atoms with Crippen molar-refractivity contribution in [1.82, 2.24) is 4.90 Å². The monoisotopic (exact) mass is 201 g/mol. The number of hydrogen-bond acceptors (Lipinski definition) is 5. The molecule has 0 aromatic carbocycles. The van der Waals surface area contributed by atoms with Crippen molar-refractivity contribution in [3.05, 3.63) is 0 Å². The molecule has 1 heterocycles. The Kier molecular flexibility index (Phi) is 2.46. The largest absolute Gasteiger partial charge is 0.467 e. The summed E-state index contributed by atoms with van der Waals surface area (Å²) in [6, 6.07) is 0. The Labute approximate surface area is 80.8 Å². The van der Waals surface area contributed by atoms with Crippen LogP contribution in [0.15, 0.2) is 0 Å². The maximum atomic E-state index is 11.3. The molecule has 0 aromatic rings. The van der Waals surface area contributed by atoms with Crippen LogP contribution in [-0.4, -0.2) is 49.0 Å². The third-order valence-corrected chi connectivity index (χ3v) is 2.17. The van der Waals surface area contributed by atoms with E-state index in [0.717, 1.165) is 19.1 Å². The first-order chi connectivity index (χ1) is 6.50. The van der Waals surface area contributed by atoms with Crippen LogP contribution < -0.4 is 0 Å². The molecular weight excluding hydrogens is 190 g/mol. The van der Waals surface area contributed by atoms with Crippen molar-refractivity contribution in [1.29, 1.82) is 0 Å². The van der Waals surface area contributed by atoms with Crippen LogP contribution in [0.4, 0.5) is 0 Å². The third-order valence-electron chi connectivity index (χ3n) is 2.17. The summed E-state index contributed by atoms with van der Waals surface area (Å²) in [6.45, 7) is 1.30. The molecule has 0 radical (unpaired) electrons. The van der Waals surface area contributed by atoms with Gasteiger partial charge in [-0.1, -0.05) is 0 Å². The molecule has 6 nitrogen and oxygen atoms in total. The molecular formula is C8H11NO5. The normalized spacial score (nSPS) is 17.2. The van der Waals surface area contributed by atoms with Crippen molar-refractivity contribution in [3.8, 4) is 0 Å². The Morgan fingerprint density at radius 3 is 1.79 bits per heavy atom. The van der Waals surface area contributed by atoms with Gasteiger partial charge in [-0.2, -0.15) is 0 Å². The molecule has 78 valence electrons. The van der Waals surface area contributed by atoms with E-state index >= 15 is 0 Å². The van der Waals surface area contributed by atoms with Gasteiger partial charge in [0.05, 0.1) is 20.8 Å². The molecule has 1 saturated heterocycles. The fraction of sp³-hybridized carbons (Fsp3) is 0.625. The predicted molar refractivity (Wildman–Crippen MR) is 44.2 cm³/mol. The van der Waals surface area contributed by atoms with E-state index in [9.17, 15) is 14.4 Å². The second-order valence-electron chi connectivity index (χ2n) is 2.95. The highest BCUT2D eigenvalue weighted by atomic mass is 16.6. The summed E-state index contributed by atoms with van der Waals surface area (Å²) < 4.78 is 8.89. The molecule has 0 unspecified atom stereocenters. The van der Waals surface area contributed by atoms with E-state index in [1.807, 2.05) is 0 Å². The maximum Gasteiger partial charge on any atom is 0.345 e. The second kappa shape index (κ2) is 3.28. The molecule has 0 saturated carbocycles. The first-order valence-corrected chi connectivity index (χ1v) is 3.95. The van der Waals surface area contributed by atoms with Gasteiger partial charge in [0.1, 0.15) is 0 Å². The number of rotatable bonds is 2. The van der Waals surface area contributed by atoms with E-state index in [0.29, 0.717) is 0 Å². The number of nitrogens with zero attached hydrogens (tertiary/aromatic N) is 1. The van der Waals surface area contributed by atoms with Gasteiger partial charge in [0.25, 0.3) is 5.54 Å². The molecule has 0 aromatic heterocycles. The Balaban J connectivity index is 2.91. The van der Waals surface area contributed by atoms with E-state index in [1.165, 1.54) is 6.92 Å². The first kappa shape index (κ1) is 10.5. The lowest BCUT2D eigenvalue weighted by molar-refractivity contribution is -0.159. The summed E-state index contributed by atoms with van der Waals surface area (Å²) in [4.78, 5) is 34.7. The van der Waals surface area contributed by atoms with E-state index < -0.39 is 17.5 Å². The highest BCUT2D eigenvalue weighted by molar-refractivity contribution is 6.12. The minimum Gasteiger partial charge on any atom is -0.467 e. The van der Waals surface area contributed by atoms with Crippen LogP contribution in [0.3, 0.4) is 0 Å². The van der Waals surface area contributed by atoms with Crippen LogP contribution >= 0.6 is 0 Å². The Bertz CT molecular complexity index is 282. The molecule has 1 rings (SSSR count). The molecule has 0 bridgehead atoms. The van der Waals surface area contributed by atoms with Gasteiger partial charge in [0.15, 0.2) is 0 Å². The smallest absolute Gasteiger partial charge is 0.345 e. The van der Waals surface area contributed by atoms with Crippen LogP contribution in [0.1, 0.15) is 6.92 Å². The molecule has 1 aliphatic rings. The van der Waals surface area contributed by atoms with Gasteiger partial charge < -0.3 is 14.4 Å². The van der Waals surface area contributed by atoms with Gasteiger partial charge in [-0.05, 0) is 0 Å². The quantitative estimate of drug-likeness (QED) is 0.323. The Hall–Kier alpha value is -1.59. The van der Waals surface area contributed by atoms with E-state index in [1.54, 1.807) is 0 Å². The number of methoxy groups -OCH3 is 2. The maximum absolute atomic E-state index is 11.3. The SMILES string of the molecule is COC(=O)C1(C(=O)OC)CN1C(C)=O. The topological polar surface area (TPSA) is 72.7 Å². The fourth-order valence-corrected chi connectivity index (χ4v) is 1.34. The van der Waals surface area contributed by atoms with Gasteiger partial charge in [-0.25, -0.2) is 9.59 Å². The summed E-state index contributed by atoms with van der Waals surface area (Å²) in [5.41, 5.74) is -1.53. The summed E-state index contributed by atoms with van der Waals surface area (Å²) in [6.07, 6.45) is 0. The minimum atomic E-state index is -1.53. The minimum absolute atomic E-state index is 0.0294. The lowest BCUT2D eigenvalue weighted by atomic mass is 10.1. The number of esters is 2. The summed E-state index contributed by atoms with van der Waals surface area (Å²) in [5, 5.41) is 0. The molecule has 0 atom stereocenters. The number of amides is 1. The van der Waals surface area contributed by atoms with Crippen molar-refractivity contribution >= 4 is 17.8 Å². The van der Waals surface area contributed by atoms with E-state index in [-0.39, 0.29) is 12.5 Å². The van der Waals surface area contributed by atoms with Gasteiger partial charge in [-0.3, -0.25) is 4.79 Å². The van der Waals surface area contributed by atoms with E-state index in [4.69, 9.17) is 0 Å². The number of carbonyl (C=O) groups excluding carboxylic acids is 3. The molecule has 1 amide bonds. The highest BCUT2D eigenvalue weighted by Crippen LogP contribution is 2.34. The van der Waals surface area contributed by atoms with Crippen LogP contribution in [0.2, 0.25) is 0 Å². The van der Waals surface area contributed by atoms with Crippen LogP contribution in [-0.2, 0) is 23.9 Å². The van der Waals surface area contributed by atoms with Gasteiger partial charge in [0, 0.05) is 6.92 Å². The van der Waals surface area contributed by atoms with E-state index in [2.05, 4.69) is 9.47 Å². The summed E-state index contributed by atoms with van der Waals surface area (Å²) in [5.74, 6) is -1.89. The zero-order valence-electron chi connectivity index (χ0n) is 8.20. The molecule has 6 heteroatoms. The van der Waals surface area contributed by atoms with Gasteiger partial charge in [0.2, 0.25) is 5.91 Å². The van der Waals surface area contributed by atoms with Crippen LogP contribution in [0.25, 0.3) is 0 Å². The zero-order valence-corrected chi connectivity index (χ0v) is 8.20. The molecule has 1 fully saturated rings. The Morgan fingerprint density at radius 1 is 1.14 bits per heavy atom. The van der Waals surface area contributed by atoms with Crippen molar-refractivity contribution in [2.24, 2.45) is 0 Å². The first-order valence-electron chi connectivity index (χ1n) is 3.95. The Morgan fingerprint density at radius 2 is 1.57 bits per heavy atom. The standard InChI is InChI=1S/C8H11NO5/c1-5(10)9-4-8(9,6(11)13-2)7(12)14-3/h4H2,1-3H3. The third kappa shape index (κ3) is 1.23. The summed E-state index contributed by atoms with van der Waals surface area (Å²) >= 11 is 0. The number of ether oxygens (including phenoxy) is 2. The highest BCUT2D eigenvalue weighted by Gasteiger charge is 2.68. The van der Waals surface area contributed by atoms with Crippen molar-refractivity contribution in [3.63, 3.8) is 0 Å². The van der Waals surface area contributed by atoms with Crippen molar-refractivity contribution in [2.75, 3.05) is 20.8 Å². The fourth-order valence-electron chi connectivity index (χ4n) is 1.34. The average molecular weight is 201 g/mol. The molecule has 1 aliphatic heterocycles. The van der Waals surface area contributed by atoms with Crippen LogP contribution in [0.5, 0.6) is 0 Å². The molecule has 0 spiro atoms. The summed E-state index contributed by atoms with van der Waals surface area (Å²) in [7, 11) is 2.31. The molecule has 0 N–H and O–H groups in total.